The Labute approximate surface area is 161 Å². The lowest BCUT2D eigenvalue weighted by Crippen LogP contribution is -2.68. The Morgan fingerprint density at radius 3 is 1.59 bits per heavy atom. The summed E-state index contributed by atoms with van der Waals surface area (Å²) in [6, 6.07) is 22.1. The van der Waals surface area contributed by atoms with Crippen molar-refractivity contribution in [2.24, 2.45) is 0 Å². The summed E-state index contributed by atoms with van der Waals surface area (Å²) in [5.41, 5.74) is 3.26. The number of ether oxygens (including phenoxy) is 1. The molecule has 27 heavy (non-hydrogen) atoms. The van der Waals surface area contributed by atoms with Crippen LogP contribution in [0.25, 0.3) is 0 Å². The van der Waals surface area contributed by atoms with Gasteiger partial charge in [0, 0.05) is 13.1 Å². The van der Waals surface area contributed by atoms with Crippen LogP contribution in [0.4, 0.5) is 0 Å². The lowest BCUT2D eigenvalue weighted by atomic mass is 9.79. The molecule has 4 atom stereocenters. The molecular weight excluding hydrogens is 332 g/mol. The molecule has 0 aromatic heterocycles. The van der Waals surface area contributed by atoms with E-state index in [1.807, 2.05) is 0 Å². The number of fused-ring (bicyclic) bond motifs is 8. The van der Waals surface area contributed by atoms with Gasteiger partial charge in [-0.25, -0.2) is 0 Å². The van der Waals surface area contributed by atoms with E-state index in [0.717, 1.165) is 12.8 Å². The van der Waals surface area contributed by atoms with Gasteiger partial charge in [0.25, 0.3) is 0 Å². The van der Waals surface area contributed by atoms with Gasteiger partial charge in [0.15, 0.2) is 0 Å². The van der Waals surface area contributed by atoms with Crippen LogP contribution in [0, 0.1) is 0 Å². The van der Waals surface area contributed by atoms with Crippen LogP contribution in [0.2, 0.25) is 0 Å². The van der Waals surface area contributed by atoms with Crippen molar-refractivity contribution in [2.75, 3.05) is 13.1 Å². The highest BCUT2D eigenvalue weighted by Crippen LogP contribution is 2.59. The van der Waals surface area contributed by atoms with Crippen molar-refractivity contribution in [3.8, 4) is 0 Å². The Bertz CT molecular complexity index is 755. The lowest BCUT2D eigenvalue weighted by molar-refractivity contribution is -0.0478. The molecule has 140 valence electrons. The Kier molecular flexibility index (Phi) is 3.56. The number of hydrogen-bond acceptors (Lipinski definition) is 3. The quantitative estimate of drug-likeness (QED) is 0.771. The first-order valence-corrected chi connectivity index (χ1v) is 10.6. The topological polar surface area (TPSA) is 15.7 Å². The van der Waals surface area contributed by atoms with Gasteiger partial charge < -0.3 is 4.74 Å². The van der Waals surface area contributed by atoms with Crippen molar-refractivity contribution in [3.63, 3.8) is 0 Å². The molecule has 4 fully saturated rings. The number of benzene rings is 2. The molecule has 4 saturated heterocycles. The van der Waals surface area contributed by atoms with E-state index in [1.54, 1.807) is 0 Å². The zero-order valence-electron chi connectivity index (χ0n) is 15.9. The summed E-state index contributed by atoms with van der Waals surface area (Å²) in [7, 11) is 0. The molecule has 3 nitrogen and oxygen atoms in total. The highest BCUT2D eigenvalue weighted by atomic mass is 16.6. The molecule has 4 aliphatic rings. The van der Waals surface area contributed by atoms with Gasteiger partial charge in [0.1, 0.15) is 12.5 Å². The summed E-state index contributed by atoms with van der Waals surface area (Å²) in [4.78, 5) is 5.55. The normalized spacial score (nSPS) is 37.6. The largest absolute Gasteiger partial charge is 0.341 e. The number of rotatable bonds is 4. The van der Waals surface area contributed by atoms with Gasteiger partial charge in [0.05, 0.1) is 11.1 Å². The van der Waals surface area contributed by atoms with Crippen molar-refractivity contribution in [1.82, 2.24) is 9.80 Å². The first-order chi connectivity index (χ1) is 13.3. The fourth-order valence-corrected chi connectivity index (χ4v) is 6.63. The highest BCUT2D eigenvalue weighted by molar-refractivity contribution is 5.29. The van der Waals surface area contributed by atoms with Gasteiger partial charge in [-0.2, -0.15) is 0 Å². The summed E-state index contributed by atoms with van der Waals surface area (Å²) < 4.78 is 6.81. The van der Waals surface area contributed by atoms with E-state index in [9.17, 15) is 0 Å². The van der Waals surface area contributed by atoms with Crippen LogP contribution in [-0.4, -0.2) is 46.4 Å². The molecule has 0 radical (unpaired) electrons. The van der Waals surface area contributed by atoms with Gasteiger partial charge in [-0.1, -0.05) is 60.7 Å². The Morgan fingerprint density at radius 2 is 1.15 bits per heavy atom. The molecule has 0 amide bonds. The standard InChI is InChI=1S/C24H28N2O/c1-3-9-19(10-4-1)17-23-13-7-15-25(23)22-24(18-20-11-5-2-6-12-20)14-8-16-26(24)21(23)27-22/h1-6,9-12,21-22H,7-8,13-18H2/t21-,22-,23+,24+/m0/s1. The molecule has 0 aliphatic carbocycles. The monoisotopic (exact) mass is 360 g/mol. The van der Waals surface area contributed by atoms with Crippen LogP contribution in [0.5, 0.6) is 0 Å². The van der Waals surface area contributed by atoms with E-state index < -0.39 is 0 Å². The zero-order chi connectivity index (χ0) is 17.9. The molecule has 0 N–H and O–H groups in total. The predicted molar refractivity (Wildman–Crippen MR) is 106 cm³/mol. The molecule has 0 saturated carbocycles. The fourth-order valence-electron chi connectivity index (χ4n) is 6.63. The lowest BCUT2D eigenvalue weighted by Gasteiger charge is -2.51. The van der Waals surface area contributed by atoms with Crippen LogP contribution in [0.1, 0.15) is 36.8 Å². The molecule has 2 aromatic rings. The van der Waals surface area contributed by atoms with Crippen molar-refractivity contribution in [3.05, 3.63) is 71.8 Å². The molecule has 6 rings (SSSR count). The maximum atomic E-state index is 6.81. The summed E-state index contributed by atoms with van der Waals surface area (Å²) >= 11 is 0. The fraction of sp³-hybridized carbons (Fsp3) is 0.500. The van der Waals surface area contributed by atoms with Crippen molar-refractivity contribution in [2.45, 2.75) is 62.1 Å². The smallest absolute Gasteiger partial charge is 0.132 e. The van der Waals surface area contributed by atoms with Crippen molar-refractivity contribution in [1.29, 1.82) is 0 Å². The summed E-state index contributed by atoms with van der Waals surface area (Å²) in [6.45, 7) is 2.39. The predicted octanol–water partition coefficient (Wildman–Crippen LogP) is 3.84. The van der Waals surface area contributed by atoms with Crippen LogP contribution in [0.3, 0.4) is 0 Å². The second-order valence-corrected chi connectivity index (χ2v) is 8.97. The van der Waals surface area contributed by atoms with Crippen LogP contribution >= 0.6 is 0 Å². The molecule has 0 spiro atoms. The Balaban J connectivity index is 1.37. The molecule has 4 aliphatic heterocycles. The molecule has 0 unspecified atom stereocenters. The second-order valence-electron chi connectivity index (χ2n) is 8.97. The maximum absolute atomic E-state index is 6.81. The molecule has 3 heteroatoms. The van der Waals surface area contributed by atoms with E-state index in [1.165, 1.54) is 49.9 Å². The van der Waals surface area contributed by atoms with E-state index in [0.29, 0.717) is 0 Å². The summed E-state index contributed by atoms with van der Waals surface area (Å²) in [5.74, 6) is 0. The number of piperazine rings is 1. The molecule has 4 heterocycles. The second kappa shape index (κ2) is 5.91. The minimum atomic E-state index is 0.177. The minimum Gasteiger partial charge on any atom is -0.341 e. The van der Waals surface area contributed by atoms with Crippen molar-refractivity contribution >= 4 is 0 Å². The first kappa shape index (κ1) is 16.3. The van der Waals surface area contributed by atoms with E-state index in [-0.39, 0.29) is 23.5 Å². The third-order valence-electron chi connectivity index (χ3n) is 7.61. The van der Waals surface area contributed by atoms with Crippen molar-refractivity contribution < 1.29 is 4.74 Å². The minimum absolute atomic E-state index is 0.177. The maximum Gasteiger partial charge on any atom is 0.132 e. The Morgan fingerprint density at radius 1 is 0.704 bits per heavy atom. The number of hydrogen-bond donors (Lipinski definition) is 0. The third-order valence-corrected chi connectivity index (χ3v) is 7.61. The zero-order valence-corrected chi connectivity index (χ0v) is 15.9. The average molecular weight is 361 g/mol. The van der Waals surface area contributed by atoms with Gasteiger partial charge in [0.2, 0.25) is 0 Å². The van der Waals surface area contributed by atoms with Gasteiger partial charge in [-0.15, -0.1) is 0 Å². The van der Waals surface area contributed by atoms with E-state index in [4.69, 9.17) is 4.74 Å². The van der Waals surface area contributed by atoms with Crippen LogP contribution < -0.4 is 0 Å². The molecule has 2 bridgehead atoms. The first-order valence-electron chi connectivity index (χ1n) is 10.6. The SMILES string of the molecule is c1ccc(C[C@@]23CCCN2[C@H]2O[C@@H]3N3CCC[C@@]23Cc2ccccc2)cc1. The van der Waals surface area contributed by atoms with E-state index >= 15 is 0 Å². The van der Waals surface area contributed by atoms with Crippen LogP contribution in [-0.2, 0) is 17.6 Å². The Hall–Kier alpha value is -1.68. The van der Waals surface area contributed by atoms with Gasteiger partial charge in [-0.05, 0) is 49.7 Å². The summed E-state index contributed by atoms with van der Waals surface area (Å²) in [5, 5.41) is 0. The third kappa shape index (κ3) is 2.19. The van der Waals surface area contributed by atoms with E-state index in [2.05, 4.69) is 70.5 Å². The average Bonchev–Trinajstić information content (AvgIpc) is 3.41. The van der Waals surface area contributed by atoms with Crippen LogP contribution in [0.15, 0.2) is 60.7 Å². The molecular formula is C24H28N2O. The highest BCUT2D eigenvalue weighted by Gasteiger charge is 2.72. The number of nitrogens with zero attached hydrogens (tertiary/aromatic N) is 2. The van der Waals surface area contributed by atoms with Gasteiger partial charge >= 0.3 is 0 Å². The molecule has 2 aromatic carbocycles. The summed E-state index contributed by atoms with van der Waals surface area (Å²) in [6.07, 6.45) is 7.89. The van der Waals surface area contributed by atoms with Gasteiger partial charge in [-0.3, -0.25) is 9.80 Å².